The van der Waals surface area contributed by atoms with Crippen LogP contribution in [0.25, 0.3) is 0 Å². The average Bonchev–Trinajstić information content (AvgIpc) is 2.35. The highest BCUT2D eigenvalue weighted by Gasteiger charge is 2.15. The van der Waals surface area contributed by atoms with Crippen LogP contribution in [0, 0.1) is 5.92 Å². The second-order valence-corrected chi connectivity index (χ2v) is 5.29. The highest BCUT2D eigenvalue weighted by atomic mass is 35.5. The quantitative estimate of drug-likeness (QED) is 0.716. The van der Waals surface area contributed by atoms with Crippen LogP contribution < -0.4 is 5.32 Å². The van der Waals surface area contributed by atoms with Crippen LogP contribution in [0.3, 0.4) is 0 Å². The molecule has 0 aliphatic carbocycles. The molecule has 1 fully saturated rings. The third kappa shape index (κ3) is 6.89. The van der Waals surface area contributed by atoms with E-state index in [1.807, 2.05) is 0 Å². The van der Waals surface area contributed by atoms with E-state index in [1.54, 1.807) is 0 Å². The highest BCUT2D eigenvalue weighted by Crippen LogP contribution is 2.16. The maximum Gasteiger partial charge on any atom is 0.220 e. The van der Waals surface area contributed by atoms with Crippen LogP contribution in [0.1, 0.15) is 45.4 Å². The maximum atomic E-state index is 11.6. The van der Waals surface area contributed by atoms with Crippen molar-refractivity contribution in [2.75, 3.05) is 19.0 Å². The van der Waals surface area contributed by atoms with E-state index in [2.05, 4.69) is 12.2 Å². The van der Waals surface area contributed by atoms with E-state index < -0.39 is 0 Å². The van der Waals surface area contributed by atoms with Crippen LogP contribution in [0.5, 0.6) is 0 Å². The van der Waals surface area contributed by atoms with Gasteiger partial charge in [0.05, 0.1) is 6.10 Å². The SMILES string of the molecule is CC(CCCl)CNC(=O)CCC1CCCCO1. The van der Waals surface area contributed by atoms with Gasteiger partial charge in [0.1, 0.15) is 0 Å². The Morgan fingerprint density at radius 3 is 3.00 bits per heavy atom. The van der Waals surface area contributed by atoms with Crippen molar-refractivity contribution in [3.8, 4) is 0 Å². The maximum absolute atomic E-state index is 11.6. The number of nitrogens with one attached hydrogen (secondary N) is 1. The van der Waals surface area contributed by atoms with Gasteiger partial charge in [-0.25, -0.2) is 0 Å². The summed E-state index contributed by atoms with van der Waals surface area (Å²) in [5.74, 6) is 1.26. The van der Waals surface area contributed by atoms with E-state index in [9.17, 15) is 4.79 Å². The zero-order chi connectivity index (χ0) is 12.5. The Kier molecular flexibility index (Phi) is 7.62. The molecule has 2 atom stereocenters. The highest BCUT2D eigenvalue weighted by molar-refractivity contribution is 6.17. The van der Waals surface area contributed by atoms with Gasteiger partial charge in [0, 0.05) is 25.5 Å². The molecule has 3 nitrogen and oxygen atoms in total. The summed E-state index contributed by atoms with van der Waals surface area (Å²) in [6, 6.07) is 0. The molecule has 0 aromatic carbocycles. The predicted molar refractivity (Wildman–Crippen MR) is 70.3 cm³/mol. The van der Waals surface area contributed by atoms with Crippen molar-refractivity contribution >= 4 is 17.5 Å². The van der Waals surface area contributed by atoms with Gasteiger partial charge in [0.2, 0.25) is 5.91 Å². The van der Waals surface area contributed by atoms with Gasteiger partial charge in [0.25, 0.3) is 0 Å². The zero-order valence-corrected chi connectivity index (χ0v) is 11.5. The lowest BCUT2D eigenvalue weighted by Gasteiger charge is -2.22. The minimum atomic E-state index is 0.139. The molecule has 4 heteroatoms. The summed E-state index contributed by atoms with van der Waals surface area (Å²) in [6.07, 6.45) is 6.20. The third-order valence-electron chi connectivity index (χ3n) is 3.22. The van der Waals surface area contributed by atoms with Crippen LogP contribution in [-0.2, 0) is 9.53 Å². The smallest absolute Gasteiger partial charge is 0.220 e. The fourth-order valence-electron chi connectivity index (χ4n) is 1.99. The summed E-state index contributed by atoms with van der Waals surface area (Å²) in [5.41, 5.74) is 0. The Morgan fingerprint density at radius 2 is 2.35 bits per heavy atom. The first kappa shape index (κ1) is 14.8. The molecular weight excluding hydrogens is 238 g/mol. The van der Waals surface area contributed by atoms with Gasteiger partial charge in [0.15, 0.2) is 0 Å². The topological polar surface area (TPSA) is 38.3 Å². The summed E-state index contributed by atoms with van der Waals surface area (Å²) in [7, 11) is 0. The molecule has 0 spiro atoms. The van der Waals surface area contributed by atoms with E-state index in [1.165, 1.54) is 12.8 Å². The summed E-state index contributed by atoms with van der Waals surface area (Å²) in [5, 5.41) is 2.95. The zero-order valence-electron chi connectivity index (χ0n) is 10.7. The lowest BCUT2D eigenvalue weighted by molar-refractivity contribution is -0.122. The third-order valence-corrected chi connectivity index (χ3v) is 3.44. The normalized spacial score (nSPS) is 22.1. The molecule has 17 heavy (non-hydrogen) atoms. The Morgan fingerprint density at radius 1 is 1.53 bits per heavy atom. The molecule has 1 saturated heterocycles. The van der Waals surface area contributed by atoms with Gasteiger partial charge >= 0.3 is 0 Å². The minimum Gasteiger partial charge on any atom is -0.378 e. The van der Waals surface area contributed by atoms with E-state index >= 15 is 0 Å². The van der Waals surface area contributed by atoms with E-state index in [4.69, 9.17) is 16.3 Å². The Labute approximate surface area is 109 Å². The van der Waals surface area contributed by atoms with E-state index in [0.717, 1.165) is 32.4 Å². The van der Waals surface area contributed by atoms with Crippen LogP contribution in [-0.4, -0.2) is 31.0 Å². The number of alkyl halides is 1. The fourth-order valence-corrected chi connectivity index (χ4v) is 2.36. The molecule has 0 aromatic rings. The van der Waals surface area contributed by atoms with Gasteiger partial charge < -0.3 is 10.1 Å². The first-order valence-corrected chi connectivity index (χ1v) is 7.20. The number of rotatable bonds is 7. The average molecular weight is 262 g/mol. The van der Waals surface area contributed by atoms with Crippen molar-refractivity contribution in [3.05, 3.63) is 0 Å². The molecular formula is C13H24ClNO2. The number of halogens is 1. The molecule has 0 bridgehead atoms. The van der Waals surface area contributed by atoms with Crippen LogP contribution in [0.2, 0.25) is 0 Å². The first-order valence-electron chi connectivity index (χ1n) is 6.66. The number of amides is 1. The molecule has 1 N–H and O–H groups in total. The molecule has 1 rings (SSSR count). The van der Waals surface area contributed by atoms with Crippen LogP contribution in [0.4, 0.5) is 0 Å². The summed E-state index contributed by atoms with van der Waals surface area (Å²) < 4.78 is 5.60. The molecule has 2 unspecified atom stereocenters. The molecule has 1 amide bonds. The van der Waals surface area contributed by atoms with Crippen molar-refractivity contribution in [2.24, 2.45) is 5.92 Å². The lowest BCUT2D eigenvalue weighted by Crippen LogP contribution is -2.29. The lowest BCUT2D eigenvalue weighted by atomic mass is 10.0. The monoisotopic (exact) mass is 261 g/mol. The second-order valence-electron chi connectivity index (χ2n) is 4.91. The number of hydrogen-bond acceptors (Lipinski definition) is 2. The summed E-state index contributed by atoms with van der Waals surface area (Å²) >= 11 is 5.65. The number of hydrogen-bond donors (Lipinski definition) is 1. The van der Waals surface area contributed by atoms with E-state index in [0.29, 0.717) is 24.3 Å². The van der Waals surface area contributed by atoms with E-state index in [-0.39, 0.29) is 5.91 Å². The van der Waals surface area contributed by atoms with Gasteiger partial charge in [-0.2, -0.15) is 0 Å². The number of carbonyl (C=O) groups excluding carboxylic acids is 1. The fraction of sp³-hybridized carbons (Fsp3) is 0.923. The van der Waals surface area contributed by atoms with Gasteiger partial charge in [-0.05, 0) is 38.0 Å². The molecule has 100 valence electrons. The molecule has 0 saturated carbocycles. The van der Waals surface area contributed by atoms with Gasteiger partial charge in [-0.3, -0.25) is 4.79 Å². The standard InChI is InChI=1S/C13H24ClNO2/c1-11(7-8-14)10-15-13(16)6-5-12-4-2-3-9-17-12/h11-12H,2-10H2,1H3,(H,15,16). The van der Waals surface area contributed by atoms with Crippen molar-refractivity contribution in [1.29, 1.82) is 0 Å². The van der Waals surface area contributed by atoms with Crippen LogP contribution in [0.15, 0.2) is 0 Å². The summed E-state index contributed by atoms with van der Waals surface area (Å²) in [4.78, 5) is 11.6. The molecule has 1 aliphatic heterocycles. The van der Waals surface area contributed by atoms with Crippen molar-refractivity contribution in [1.82, 2.24) is 5.32 Å². The molecule has 1 heterocycles. The molecule has 0 aromatic heterocycles. The van der Waals surface area contributed by atoms with Gasteiger partial charge in [-0.1, -0.05) is 6.92 Å². The number of carbonyl (C=O) groups is 1. The van der Waals surface area contributed by atoms with Gasteiger partial charge in [-0.15, -0.1) is 11.6 Å². The van der Waals surface area contributed by atoms with Crippen molar-refractivity contribution < 1.29 is 9.53 Å². The second kappa shape index (κ2) is 8.76. The largest absolute Gasteiger partial charge is 0.378 e. The molecule has 1 aliphatic rings. The summed E-state index contributed by atoms with van der Waals surface area (Å²) in [6.45, 7) is 3.70. The molecule has 0 radical (unpaired) electrons. The van der Waals surface area contributed by atoms with Crippen molar-refractivity contribution in [2.45, 2.75) is 51.6 Å². The number of ether oxygens (including phenoxy) is 1. The Bertz CT molecular complexity index is 217. The minimum absolute atomic E-state index is 0.139. The van der Waals surface area contributed by atoms with Crippen molar-refractivity contribution in [3.63, 3.8) is 0 Å². The predicted octanol–water partition coefficient (Wildman–Crippen LogP) is 2.72. The first-order chi connectivity index (χ1) is 8.22. The Hall–Kier alpha value is -0.280. The Balaban J connectivity index is 2.04. The van der Waals surface area contributed by atoms with Crippen LogP contribution >= 0.6 is 11.6 Å².